The van der Waals surface area contributed by atoms with Crippen molar-refractivity contribution in [3.8, 4) is 0 Å². The summed E-state index contributed by atoms with van der Waals surface area (Å²) >= 11 is 0. The van der Waals surface area contributed by atoms with Crippen molar-refractivity contribution in [2.24, 2.45) is 34.5 Å². The van der Waals surface area contributed by atoms with Gasteiger partial charge < -0.3 is 9.47 Å². The molecule has 4 saturated carbocycles. The number of carbonyl (C=O) groups excluding carboxylic acids is 1. The molecule has 0 radical (unpaired) electrons. The first-order chi connectivity index (χ1) is 11.5. The fourth-order valence-electron chi connectivity index (χ4n) is 7.31. The average Bonchev–Trinajstić information content (AvgIpc) is 2.87. The summed E-state index contributed by atoms with van der Waals surface area (Å²) in [5, 5.41) is 0. The van der Waals surface area contributed by atoms with Gasteiger partial charge in [-0.3, -0.25) is 4.79 Å². The van der Waals surface area contributed by atoms with E-state index in [-0.39, 0.29) is 0 Å². The molecule has 0 amide bonds. The van der Waals surface area contributed by atoms with Gasteiger partial charge in [0.1, 0.15) is 12.6 Å². The third-order valence-corrected chi connectivity index (χ3v) is 8.61. The molecule has 4 fully saturated rings. The lowest BCUT2D eigenvalue weighted by Crippen LogP contribution is -2.53. The molecular formula is C21H34O3. The molecule has 0 N–H and O–H groups in total. The molecule has 0 aromatic heterocycles. The van der Waals surface area contributed by atoms with E-state index in [0.29, 0.717) is 35.4 Å². The lowest BCUT2D eigenvalue weighted by molar-refractivity contribution is -0.149. The van der Waals surface area contributed by atoms with Gasteiger partial charge in [-0.2, -0.15) is 0 Å². The van der Waals surface area contributed by atoms with Gasteiger partial charge in [0.15, 0.2) is 0 Å². The number of rotatable bonds is 3. The molecule has 0 aromatic carbocycles. The monoisotopic (exact) mass is 334 g/mol. The summed E-state index contributed by atoms with van der Waals surface area (Å²) in [4.78, 5) is 12.2. The molecule has 24 heavy (non-hydrogen) atoms. The smallest absolute Gasteiger partial charge is 0.146 e. The first-order valence-corrected chi connectivity index (χ1v) is 10.1. The summed E-state index contributed by atoms with van der Waals surface area (Å²) in [5.74, 6) is 3.64. The molecule has 0 aliphatic heterocycles. The number of Topliss-reactive ketones (excluding diaryl/α,β-unsaturated/α-hetero) is 1. The predicted octanol–water partition coefficient (Wildman–Crippen LogP) is 4.59. The molecule has 7 atom stereocenters. The Morgan fingerprint density at radius 1 is 1.08 bits per heavy atom. The molecule has 0 spiro atoms. The third-order valence-electron chi connectivity index (χ3n) is 8.61. The standard InChI is InChI=1S/C21H34O3/c1-20-8-7-18-17(19(20)11-15(22)12-20)5-4-14-10-16(24-13-23-3)6-9-21(14,18)2/h14,16-19H,4-13H2,1-3H3/t14-,16+,17+,18-,19-,20+,21-/m1/s1. The maximum absolute atomic E-state index is 12.2. The number of ketones is 1. The molecule has 4 aliphatic carbocycles. The second kappa shape index (κ2) is 6.09. The van der Waals surface area contributed by atoms with Gasteiger partial charge in [-0.1, -0.05) is 13.8 Å². The summed E-state index contributed by atoms with van der Waals surface area (Å²) in [7, 11) is 1.71. The SMILES string of the molecule is COCO[C@H]1CC[C@]2(C)[C@H](CC[C@@H]3[C@H]4CC(=O)C[C@]4(C)CC[C@H]32)C1. The molecule has 4 rings (SSSR count). The van der Waals surface area contributed by atoms with Crippen LogP contribution in [0.2, 0.25) is 0 Å². The highest BCUT2D eigenvalue weighted by Gasteiger charge is 2.59. The summed E-state index contributed by atoms with van der Waals surface area (Å²) in [6.07, 6.45) is 11.1. The van der Waals surface area contributed by atoms with E-state index in [9.17, 15) is 4.79 Å². The van der Waals surface area contributed by atoms with E-state index in [2.05, 4.69) is 13.8 Å². The van der Waals surface area contributed by atoms with Gasteiger partial charge in [0.05, 0.1) is 6.10 Å². The van der Waals surface area contributed by atoms with Crippen LogP contribution in [0.4, 0.5) is 0 Å². The van der Waals surface area contributed by atoms with Crippen molar-refractivity contribution < 1.29 is 14.3 Å². The van der Waals surface area contributed by atoms with E-state index in [1.54, 1.807) is 7.11 Å². The Morgan fingerprint density at radius 2 is 1.92 bits per heavy atom. The highest BCUT2D eigenvalue weighted by molar-refractivity contribution is 5.82. The Labute approximate surface area is 146 Å². The molecule has 136 valence electrons. The van der Waals surface area contributed by atoms with Crippen LogP contribution in [0.3, 0.4) is 0 Å². The van der Waals surface area contributed by atoms with Crippen LogP contribution in [0.1, 0.15) is 71.6 Å². The van der Waals surface area contributed by atoms with E-state index < -0.39 is 0 Å². The highest BCUT2D eigenvalue weighted by atomic mass is 16.7. The zero-order chi connectivity index (χ0) is 16.9. The summed E-state index contributed by atoms with van der Waals surface area (Å²) < 4.78 is 11.0. The first kappa shape index (κ1) is 17.0. The largest absolute Gasteiger partial charge is 0.359 e. The summed E-state index contributed by atoms with van der Waals surface area (Å²) in [5.41, 5.74) is 0.795. The van der Waals surface area contributed by atoms with Crippen molar-refractivity contribution in [3.63, 3.8) is 0 Å². The van der Waals surface area contributed by atoms with Crippen LogP contribution in [-0.4, -0.2) is 25.8 Å². The van der Waals surface area contributed by atoms with Crippen molar-refractivity contribution in [2.45, 2.75) is 77.7 Å². The first-order valence-electron chi connectivity index (χ1n) is 10.1. The highest BCUT2D eigenvalue weighted by Crippen LogP contribution is 2.65. The van der Waals surface area contributed by atoms with E-state index in [1.165, 1.54) is 44.9 Å². The molecule has 0 saturated heterocycles. The van der Waals surface area contributed by atoms with E-state index in [0.717, 1.165) is 30.6 Å². The molecular weight excluding hydrogens is 300 g/mol. The van der Waals surface area contributed by atoms with Crippen molar-refractivity contribution in [3.05, 3.63) is 0 Å². The van der Waals surface area contributed by atoms with Gasteiger partial charge in [-0.25, -0.2) is 0 Å². The van der Waals surface area contributed by atoms with Crippen LogP contribution in [0.5, 0.6) is 0 Å². The van der Waals surface area contributed by atoms with Gasteiger partial charge in [0.25, 0.3) is 0 Å². The number of carbonyl (C=O) groups is 1. The molecule has 4 aliphatic rings. The summed E-state index contributed by atoms with van der Waals surface area (Å²) in [6, 6.07) is 0. The summed E-state index contributed by atoms with van der Waals surface area (Å²) in [6.45, 7) is 5.41. The Balaban J connectivity index is 1.51. The second-order valence-electron chi connectivity index (χ2n) is 9.74. The third kappa shape index (κ3) is 2.58. The van der Waals surface area contributed by atoms with Gasteiger partial charge in [0.2, 0.25) is 0 Å². The minimum absolute atomic E-state index is 0.320. The quantitative estimate of drug-likeness (QED) is 0.708. The topological polar surface area (TPSA) is 35.5 Å². The van der Waals surface area contributed by atoms with Crippen molar-refractivity contribution >= 4 is 5.78 Å². The second-order valence-corrected chi connectivity index (χ2v) is 9.74. The van der Waals surface area contributed by atoms with Crippen LogP contribution in [0.25, 0.3) is 0 Å². The predicted molar refractivity (Wildman–Crippen MR) is 93.5 cm³/mol. The fourth-order valence-corrected chi connectivity index (χ4v) is 7.31. The lowest BCUT2D eigenvalue weighted by Gasteiger charge is -2.60. The Kier molecular flexibility index (Phi) is 4.32. The Morgan fingerprint density at radius 3 is 2.71 bits per heavy atom. The average molecular weight is 335 g/mol. The number of ether oxygens (including phenoxy) is 2. The number of fused-ring (bicyclic) bond motifs is 5. The number of hydrogen-bond acceptors (Lipinski definition) is 3. The lowest BCUT2D eigenvalue weighted by atomic mass is 9.45. The molecule has 0 bridgehead atoms. The van der Waals surface area contributed by atoms with Gasteiger partial charge in [-0.15, -0.1) is 0 Å². The maximum Gasteiger partial charge on any atom is 0.146 e. The van der Waals surface area contributed by atoms with Crippen molar-refractivity contribution in [1.82, 2.24) is 0 Å². The Hall–Kier alpha value is -0.410. The zero-order valence-corrected chi connectivity index (χ0v) is 15.7. The van der Waals surface area contributed by atoms with Crippen molar-refractivity contribution in [1.29, 1.82) is 0 Å². The van der Waals surface area contributed by atoms with Crippen LogP contribution < -0.4 is 0 Å². The number of methoxy groups -OCH3 is 1. The molecule has 0 unspecified atom stereocenters. The van der Waals surface area contributed by atoms with Crippen molar-refractivity contribution in [2.75, 3.05) is 13.9 Å². The normalized spacial score (nSPS) is 51.0. The minimum Gasteiger partial charge on any atom is -0.359 e. The molecule has 0 aromatic rings. The molecule has 0 heterocycles. The maximum atomic E-state index is 12.2. The van der Waals surface area contributed by atoms with Gasteiger partial charge >= 0.3 is 0 Å². The zero-order valence-electron chi connectivity index (χ0n) is 15.7. The molecule has 3 nitrogen and oxygen atoms in total. The van der Waals surface area contributed by atoms with E-state index >= 15 is 0 Å². The Bertz CT molecular complexity index is 503. The van der Waals surface area contributed by atoms with Gasteiger partial charge in [0, 0.05) is 20.0 Å². The van der Waals surface area contributed by atoms with Crippen LogP contribution in [-0.2, 0) is 14.3 Å². The van der Waals surface area contributed by atoms with Crippen LogP contribution in [0.15, 0.2) is 0 Å². The van der Waals surface area contributed by atoms with Crippen LogP contribution >= 0.6 is 0 Å². The van der Waals surface area contributed by atoms with E-state index in [4.69, 9.17) is 9.47 Å². The van der Waals surface area contributed by atoms with E-state index in [1.807, 2.05) is 0 Å². The number of hydrogen-bond donors (Lipinski definition) is 0. The van der Waals surface area contributed by atoms with Gasteiger partial charge in [-0.05, 0) is 79.4 Å². The minimum atomic E-state index is 0.320. The molecule has 3 heteroatoms. The fraction of sp³-hybridized carbons (Fsp3) is 0.952. The van der Waals surface area contributed by atoms with Crippen LogP contribution in [0, 0.1) is 34.5 Å².